The Morgan fingerprint density at radius 1 is 0.933 bits per heavy atom. The second-order valence-electron chi connectivity index (χ2n) is 6.97. The van der Waals surface area contributed by atoms with Crippen molar-refractivity contribution in [3.8, 4) is 6.07 Å². The summed E-state index contributed by atoms with van der Waals surface area (Å²) >= 11 is 0. The van der Waals surface area contributed by atoms with Crippen LogP contribution < -0.4 is 4.90 Å². The van der Waals surface area contributed by atoms with Gasteiger partial charge < -0.3 is 9.80 Å². The summed E-state index contributed by atoms with van der Waals surface area (Å²) in [6.45, 7) is 1.27. The number of carbonyl (C=O) groups excluding carboxylic acids is 2. The van der Waals surface area contributed by atoms with E-state index in [9.17, 15) is 28.0 Å². The lowest BCUT2D eigenvalue weighted by molar-refractivity contribution is -0.137. The standard InChI is InChI=1S/C22H20F3N3O2/c23-22(24,25)18-7-4-8-19(17(18)15-26)27-11-13-28(14-12-27)21(30)10-9-20(29)16-5-2-1-3-6-16/h1-8H,9-14H2. The van der Waals surface area contributed by atoms with Crippen LogP contribution in [0.4, 0.5) is 18.9 Å². The molecule has 0 aromatic heterocycles. The number of nitriles is 1. The second kappa shape index (κ2) is 8.99. The highest BCUT2D eigenvalue weighted by Gasteiger charge is 2.35. The van der Waals surface area contributed by atoms with Crippen LogP contribution in [-0.4, -0.2) is 42.8 Å². The van der Waals surface area contributed by atoms with E-state index in [0.717, 1.165) is 6.07 Å². The van der Waals surface area contributed by atoms with Crippen molar-refractivity contribution >= 4 is 17.4 Å². The number of amides is 1. The first kappa shape index (κ1) is 21.4. The number of anilines is 1. The maximum atomic E-state index is 13.2. The van der Waals surface area contributed by atoms with Crippen LogP contribution in [0.1, 0.15) is 34.3 Å². The first-order valence-electron chi connectivity index (χ1n) is 9.52. The highest BCUT2D eigenvalue weighted by atomic mass is 19.4. The summed E-state index contributed by atoms with van der Waals surface area (Å²) in [5.41, 5.74) is -0.582. The third-order valence-electron chi connectivity index (χ3n) is 5.09. The lowest BCUT2D eigenvalue weighted by Gasteiger charge is -2.36. The molecule has 1 amide bonds. The maximum absolute atomic E-state index is 13.2. The minimum Gasteiger partial charge on any atom is -0.367 e. The zero-order chi connectivity index (χ0) is 21.7. The van der Waals surface area contributed by atoms with E-state index in [4.69, 9.17) is 0 Å². The Hall–Kier alpha value is -3.34. The Balaban J connectivity index is 1.59. The SMILES string of the molecule is N#Cc1c(N2CCN(C(=O)CCC(=O)c3ccccc3)CC2)cccc1C(F)(F)F. The molecule has 30 heavy (non-hydrogen) atoms. The van der Waals surface area contributed by atoms with Gasteiger partial charge in [0.25, 0.3) is 0 Å². The van der Waals surface area contributed by atoms with Crippen LogP contribution in [0.2, 0.25) is 0 Å². The number of ketones is 1. The molecule has 5 nitrogen and oxygen atoms in total. The van der Waals surface area contributed by atoms with Crippen LogP contribution in [0, 0.1) is 11.3 Å². The average Bonchev–Trinajstić information content (AvgIpc) is 2.76. The van der Waals surface area contributed by atoms with E-state index >= 15 is 0 Å². The van der Waals surface area contributed by atoms with Gasteiger partial charge in [-0.2, -0.15) is 18.4 Å². The molecular weight excluding hydrogens is 395 g/mol. The molecule has 2 aromatic rings. The predicted octanol–water partition coefficient (Wildman–Crippen LogP) is 3.89. The van der Waals surface area contributed by atoms with E-state index in [1.54, 1.807) is 40.1 Å². The van der Waals surface area contributed by atoms with E-state index in [0.29, 0.717) is 31.7 Å². The molecule has 0 atom stereocenters. The number of alkyl halides is 3. The number of hydrogen-bond acceptors (Lipinski definition) is 4. The van der Waals surface area contributed by atoms with Gasteiger partial charge in [0.2, 0.25) is 5.91 Å². The Morgan fingerprint density at radius 2 is 1.60 bits per heavy atom. The molecule has 0 unspecified atom stereocenters. The van der Waals surface area contributed by atoms with Gasteiger partial charge in [0.05, 0.1) is 16.8 Å². The zero-order valence-corrected chi connectivity index (χ0v) is 16.2. The number of Topliss-reactive ketones (excluding diaryl/α,β-unsaturated/α-hetero) is 1. The second-order valence-corrected chi connectivity index (χ2v) is 6.97. The lowest BCUT2D eigenvalue weighted by atomic mass is 10.0. The molecule has 1 aliphatic rings. The van der Waals surface area contributed by atoms with Crippen LogP contribution in [0.5, 0.6) is 0 Å². The van der Waals surface area contributed by atoms with Crippen molar-refractivity contribution in [2.45, 2.75) is 19.0 Å². The third kappa shape index (κ3) is 4.79. The molecule has 156 valence electrons. The predicted molar refractivity (Wildman–Crippen MR) is 105 cm³/mol. The fourth-order valence-corrected chi connectivity index (χ4v) is 3.50. The minimum absolute atomic E-state index is 0.0841. The van der Waals surface area contributed by atoms with Gasteiger partial charge in [-0.15, -0.1) is 0 Å². The Morgan fingerprint density at radius 3 is 2.20 bits per heavy atom. The molecule has 2 aromatic carbocycles. The number of halogens is 3. The van der Waals surface area contributed by atoms with Crippen molar-refractivity contribution in [2.75, 3.05) is 31.1 Å². The van der Waals surface area contributed by atoms with Gasteiger partial charge >= 0.3 is 6.18 Å². The van der Waals surface area contributed by atoms with Gasteiger partial charge in [0.15, 0.2) is 5.78 Å². The largest absolute Gasteiger partial charge is 0.417 e. The fourth-order valence-electron chi connectivity index (χ4n) is 3.50. The van der Waals surface area contributed by atoms with Gasteiger partial charge in [-0.05, 0) is 12.1 Å². The van der Waals surface area contributed by atoms with Gasteiger partial charge in [-0.3, -0.25) is 9.59 Å². The molecule has 0 radical (unpaired) electrons. The third-order valence-corrected chi connectivity index (χ3v) is 5.09. The molecule has 0 N–H and O–H groups in total. The van der Waals surface area contributed by atoms with Crippen molar-refractivity contribution in [1.82, 2.24) is 4.90 Å². The molecule has 8 heteroatoms. The van der Waals surface area contributed by atoms with Crippen molar-refractivity contribution in [2.24, 2.45) is 0 Å². The van der Waals surface area contributed by atoms with Gasteiger partial charge in [-0.25, -0.2) is 0 Å². The normalized spacial score (nSPS) is 14.3. The van der Waals surface area contributed by atoms with Crippen LogP contribution in [-0.2, 0) is 11.0 Å². The Kier molecular flexibility index (Phi) is 6.40. The summed E-state index contributed by atoms with van der Waals surface area (Å²) in [5.74, 6) is -0.270. The van der Waals surface area contributed by atoms with Crippen LogP contribution >= 0.6 is 0 Å². The molecule has 1 heterocycles. The van der Waals surface area contributed by atoms with Gasteiger partial charge in [-0.1, -0.05) is 36.4 Å². The van der Waals surface area contributed by atoms with Gasteiger partial charge in [0.1, 0.15) is 6.07 Å². The number of carbonyl (C=O) groups is 2. The summed E-state index contributed by atoms with van der Waals surface area (Å²) < 4.78 is 39.5. The average molecular weight is 415 g/mol. The summed E-state index contributed by atoms with van der Waals surface area (Å²) in [6, 6.07) is 14.1. The molecule has 1 aliphatic heterocycles. The van der Waals surface area contributed by atoms with E-state index in [-0.39, 0.29) is 30.2 Å². The van der Waals surface area contributed by atoms with E-state index in [1.165, 1.54) is 12.1 Å². The number of rotatable bonds is 5. The summed E-state index contributed by atoms with van der Waals surface area (Å²) in [6.07, 6.45) is -4.42. The zero-order valence-electron chi connectivity index (χ0n) is 16.2. The van der Waals surface area contributed by atoms with Gasteiger partial charge in [0, 0.05) is 44.6 Å². The monoisotopic (exact) mass is 415 g/mol. The molecular formula is C22H20F3N3O2. The number of nitrogens with zero attached hydrogens (tertiary/aromatic N) is 3. The van der Waals surface area contributed by atoms with Crippen molar-refractivity contribution in [1.29, 1.82) is 5.26 Å². The molecule has 1 fully saturated rings. The smallest absolute Gasteiger partial charge is 0.367 e. The summed E-state index contributed by atoms with van der Waals surface area (Å²) in [7, 11) is 0. The highest BCUT2D eigenvalue weighted by molar-refractivity contribution is 5.97. The summed E-state index contributed by atoms with van der Waals surface area (Å²) in [4.78, 5) is 27.9. The molecule has 0 saturated carbocycles. The first-order chi connectivity index (χ1) is 14.3. The van der Waals surface area contributed by atoms with Crippen LogP contribution in [0.25, 0.3) is 0 Å². The number of benzene rings is 2. The molecule has 0 aliphatic carbocycles. The van der Waals surface area contributed by atoms with E-state index in [1.807, 2.05) is 6.07 Å². The molecule has 0 spiro atoms. The van der Waals surface area contributed by atoms with Crippen molar-refractivity contribution in [3.63, 3.8) is 0 Å². The Labute approximate surface area is 172 Å². The van der Waals surface area contributed by atoms with Crippen molar-refractivity contribution < 1.29 is 22.8 Å². The molecule has 0 bridgehead atoms. The quantitative estimate of drug-likeness (QED) is 0.695. The highest BCUT2D eigenvalue weighted by Crippen LogP contribution is 2.36. The fraction of sp³-hybridized carbons (Fsp3) is 0.318. The lowest BCUT2D eigenvalue weighted by Crippen LogP contribution is -2.49. The molecule has 1 saturated heterocycles. The molecule has 3 rings (SSSR count). The summed E-state index contributed by atoms with van der Waals surface area (Å²) in [5, 5.41) is 9.28. The van der Waals surface area contributed by atoms with E-state index < -0.39 is 17.3 Å². The number of piperazine rings is 1. The topological polar surface area (TPSA) is 64.4 Å². The van der Waals surface area contributed by atoms with Crippen LogP contribution in [0.15, 0.2) is 48.5 Å². The van der Waals surface area contributed by atoms with Crippen LogP contribution in [0.3, 0.4) is 0 Å². The minimum atomic E-state index is -4.61. The number of hydrogen-bond donors (Lipinski definition) is 0. The Bertz CT molecular complexity index is 960. The van der Waals surface area contributed by atoms with E-state index in [2.05, 4.69) is 0 Å². The maximum Gasteiger partial charge on any atom is 0.417 e. The van der Waals surface area contributed by atoms with Crippen molar-refractivity contribution in [3.05, 3.63) is 65.2 Å². The first-order valence-corrected chi connectivity index (χ1v) is 9.52.